The highest BCUT2D eigenvalue weighted by Crippen LogP contribution is 2.27. The summed E-state index contributed by atoms with van der Waals surface area (Å²) in [5.74, 6) is 4.37. The summed E-state index contributed by atoms with van der Waals surface area (Å²) in [6.45, 7) is 1.80. The summed E-state index contributed by atoms with van der Waals surface area (Å²) in [4.78, 5) is 27.7. The predicted molar refractivity (Wildman–Crippen MR) is 61.2 cm³/mol. The first-order valence-electron chi connectivity index (χ1n) is 5.14. The largest absolute Gasteiger partial charge is 0.294 e. The van der Waals surface area contributed by atoms with Crippen LogP contribution in [0.15, 0.2) is 24.3 Å². The molecular formula is C12H9N3O2. The molecule has 17 heavy (non-hydrogen) atoms. The predicted octanol–water partition coefficient (Wildman–Crippen LogP) is 1.01. The van der Waals surface area contributed by atoms with Crippen LogP contribution in [0.4, 0.5) is 0 Å². The number of nitrogens with zero attached hydrogens (tertiary/aromatic N) is 2. The van der Waals surface area contributed by atoms with E-state index < -0.39 is 11.8 Å². The summed E-state index contributed by atoms with van der Waals surface area (Å²) in [5.41, 5.74) is 1.90. The maximum absolute atomic E-state index is 11.8. The normalized spacial score (nSPS) is 14.6. The molecule has 0 spiro atoms. The number of aryl methyl sites for hydroxylation is 1. The molecule has 5 nitrogen and oxygen atoms in total. The molecule has 1 aliphatic heterocycles. The molecule has 2 N–H and O–H groups in total. The number of pyridine rings is 1. The second-order valence-corrected chi connectivity index (χ2v) is 3.96. The third kappa shape index (κ3) is 1.14. The fourth-order valence-corrected chi connectivity index (χ4v) is 2.12. The monoisotopic (exact) mass is 227 g/mol. The Morgan fingerprint density at radius 1 is 1.18 bits per heavy atom. The van der Waals surface area contributed by atoms with Crippen molar-refractivity contribution in [3.05, 3.63) is 41.1 Å². The van der Waals surface area contributed by atoms with Crippen LogP contribution in [0, 0.1) is 6.92 Å². The highest BCUT2D eigenvalue weighted by atomic mass is 16.2. The average Bonchev–Trinajstić information content (AvgIpc) is 2.55. The lowest BCUT2D eigenvalue weighted by molar-refractivity contribution is 0.0652. The van der Waals surface area contributed by atoms with E-state index in [2.05, 4.69) is 4.98 Å². The van der Waals surface area contributed by atoms with Crippen LogP contribution in [0.5, 0.6) is 0 Å². The number of hydrazine groups is 1. The van der Waals surface area contributed by atoms with Crippen molar-refractivity contribution in [3.8, 4) is 0 Å². The Balaban J connectivity index is 2.46. The molecule has 0 radical (unpaired) electrons. The number of aromatic nitrogens is 1. The quantitative estimate of drug-likeness (QED) is 0.414. The first kappa shape index (κ1) is 9.92. The van der Waals surface area contributed by atoms with Crippen molar-refractivity contribution in [2.24, 2.45) is 5.84 Å². The molecule has 0 unspecified atom stereocenters. The van der Waals surface area contributed by atoms with Gasteiger partial charge in [-0.1, -0.05) is 18.2 Å². The summed E-state index contributed by atoms with van der Waals surface area (Å²) < 4.78 is 0. The van der Waals surface area contributed by atoms with E-state index in [0.717, 1.165) is 10.9 Å². The van der Waals surface area contributed by atoms with Crippen LogP contribution < -0.4 is 5.84 Å². The molecule has 1 aromatic heterocycles. The lowest BCUT2D eigenvalue weighted by Crippen LogP contribution is -2.36. The summed E-state index contributed by atoms with van der Waals surface area (Å²) in [6, 6.07) is 7.38. The summed E-state index contributed by atoms with van der Waals surface area (Å²) in [7, 11) is 0. The Labute approximate surface area is 96.8 Å². The zero-order valence-electron chi connectivity index (χ0n) is 9.10. The van der Waals surface area contributed by atoms with E-state index in [1.165, 1.54) is 0 Å². The molecule has 84 valence electrons. The van der Waals surface area contributed by atoms with Crippen LogP contribution in [-0.4, -0.2) is 21.8 Å². The van der Waals surface area contributed by atoms with E-state index in [0.29, 0.717) is 16.1 Å². The maximum atomic E-state index is 11.8. The first-order chi connectivity index (χ1) is 8.11. The number of hydrogen-bond donors (Lipinski definition) is 1. The Bertz CT molecular complexity index is 679. The Morgan fingerprint density at radius 2 is 1.88 bits per heavy atom. The smallest absolute Gasteiger partial charge is 0.267 e. The van der Waals surface area contributed by atoms with Gasteiger partial charge >= 0.3 is 0 Å². The molecule has 1 aliphatic rings. The van der Waals surface area contributed by atoms with Crippen LogP contribution in [0.1, 0.15) is 26.4 Å². The molecule has 0 atom stereocenters. The standard InChI is InChI=1S/C12H9N3O2/c1-6-7-4-2-3-5-8(7)14-10-9(6)11(16)15(13)12(10)17/h2-5H,13H2,1H3. The molecular weight excluding hydrogens is 218 g/mol. The van der Waals surface area contributed by atoms with Crippen LogP contribution in [0.2, 0.25) is 0 Å². The molecule has 2 aromatic rings. The van der Waals surface area contributed by atoms with Gasteiger partial charge in [0.05, 0.1) is 11.1 Å². The second kappa shape index (κ2) is 3.11. The lowest BCUT2D eigenvalue weighted by atomic mass is 10.0. The number of hydrogen-bond acceptors (Lipinski definition) is 4. The SMILES string of the molecule is Cc1c2c(nc3ccccc13)C(=O)N(N)C2=O. The molecule has 0 saturated carbocycles. The molecule has 0 saturated heterocycles. The van der Waals surface area contributed by atoms with E-state index >= 15 is 0 Å². The van der Waals surface area contributed by atoms with E-state index in [9.17, 15) is 9.59 Å². The molecule has 3 rings (SSSR count). The zero-order valence-corrected chi connectivity index (χ0v) is 9.10. The highest BCUT2D eigenvalue weighted by Gasteiger charge is 2.37. The van der Waals surface area contributed by atoms with Crippen LogP contribution in [0.3, 0.4) is 0 Å². The fraction of sp³-hybridized carbons (Fsp3) is 0.0833. The van der Waals surface area contributed by atoms with Crippen molar-refractivity contribution >= 4 is 22.7 Å². The number of imide groups is 1. The molecule has 2 heterocycles. The van der Waals surface area contributed by atoms with Gasteiger partial charge in [-0.15, -0.1) is 0 Å². The number of nitrogens with two attached hydrogens (primary N) is 1. The van der Waals surface area contributed by atoms with Gasteiger partial charge in [0, 0.05) is 5.39 Å². The van der Waals surface area contributed by atoms with Gasteiger partial charge in [-0.2, -0.15) is 0 Å². The van der Waals surface area contributed by atoms with Gasteiger partial charge in [0.15, 0.2) is 0 Å². The topological polar surface area (TPSA) is 76.3 Å². The molecule has 2 amide bonds. The van der Waals surface area contributed by atoms with E-state index in [-0.39, 0.29) is 5.69 Å². The number of carbonyl (C=O) groups excluding carboxylic acids is 2. The third-order valence-electron chi connectivity index (χ3n) is 3.01. The van der Waals surface area contributed by atoms with E-state index in [1.54, 1.807) is 13.0 Å². The van der Waals surface area contributed by atoms with Gasteiger partial charge < -0.3 is 0 Å². The van der Waals surface area contributed by atoms with Crippen LogP contribution in [-0.2, 0) is 0 Å². The van der Waals surface area contributed by atoms with Crippen molar-refractivity contribution in [1.82, 2.24) is 9.99 Å². The number of amides is 2. The Morgan fingerprint density at radius 3 is 2.65 bits per heavy atom. The maximum Gasteiger partial charge on any atom is 0.294 e. The number of para-hydroxylation sites is 1. The molecule has 0 fully saturated rings. The second-order valence-electron chi connectivity index (χ2n) is 3.96. The molecule has 0 aliphatic carbocycles. The summed E-state index contributed by atoms with van der Waals surface area (Å²) >= 11 is 0. The molecule has 0 bridgehead atoms. The summed E-state index contributed by atoms with van der Waals surface area (Å²) in [5, 5.41) is 1.48. The number of fused-ring (bicyclic) bond motifs is 2. The average molecular weight is 227 g/mol. The van der Waals surface area contributed by atoms with Gasteiger partial charge in [-0.05, 0) is 18.6 Å². The van der Waals surface area contributed by atoms with Crippen LogP contribution >= 0.6 is 0 Å². The number of rotatable bonds is 0. The minimum Gasteiger partial charge on any atom is -0.267 e. The number of benzene rings is 1. The molecule has 1 aromatic carbocycles. The fourth-order valence-electron chi connectivity index (χ4n) is 2.12. The Kier molecular flexibility index (Phi) is 1.82. The minimum absolute atomic E-state index is 0.147. The van der Waals surface area contributed by atoms with Crippen LogP contribution in [0.25, 0.3) is 10.9 Å². The lowest BCUT2D eigenvalue weighted by Gasteiger charge is -2.05. The van der Waals surface area contributed by atoms with Gasteiger partial charge in [0.25, 0.3) is 11.8 Å². The Hall–Kier alpha value is -2.27. The zero-order chi connectivity index (χ0) is 12.2. The van der Waals surface area contributed by atoms with Gasteiger partial charge in [-0.25, -0.2) is 15.8 Å². The van der Waals surface area contributed by atoms with E-state index in [1.807, 2.05) is 18.2 Å². The van der Waals surface area contributed by atoms with Gasteiger partial charge in [-0.3, -0.25) is 9.59 Å². The van der Waals surface area contributed by atoms with Crippen molar-refractivity contribution < 1.29 is 9.59 Å². The molecule has 5 heteroatoms. The van der Waals surface area contributed by atoms with Gasteiger partial charge in [0.2, 0.25) is 0 Å². The van der Waals surface area contributed by atoms with Gasteiger partial charge in [0.1, 0.15) is 5.69 Å². The van der Waals surface area contributed by atoms with Crippen molar-refractivity contribution in [3.63, 3.8) is 0 Å². The van der Waals surface area contributed by atoms with Crippen molar-refractivity contribution in [2.75, 3.05) is 0 Å². The first-order valence-corrected chi connectivity index (χ1v) is 5.14. The number of carbonyl (C=O) groups is 2. The summed E-state index contributed by atoms with van der Waals surface area (Å²) in [6.07, 6.45) is 0. The third-order valence-corrected chi connectivity index (χ3v) is 3.01. The van der Waals surface area contributed by atoms with Crippen molar-refractivity contribution in [1.29, 1.82) is 0 Å². The highest BCUT2D eigenvalue weighted by molar-refractivity contribution is 6.22. The minimum atomic E-state index is -0.543. The van der Waals surface area contributed by atoms with Crippen molar-refractivity contribution in [2.45, 2.75) is 6.92 Å². The van der Waals surface area contributed by atoms with E-state index in [4.69, 9.17) is 5.84 Å².